The van der Waals surface area contributed by atoms with E-state index < -0.39 is 47.0 Å². The van der Waals surface area contributed by atoms with Crippen LogP contribution in [0.3, 0.4) is 0 Å². The molecule has 0 fully saturated rings. The summed E-state index contributed by atoms with van der Waals surface area (Å²) in [5.74, 6) is -1.13. The van der Waals surface area contributed by atoms with Crippen LogP contribution in [0.15, 0.2) is 67.3 Å². The fourth-order valence-corrected chi connectivity index (χ4v) is 3.68. The van der Waals surface area contributed by atoms with Crippen molar-refractivity contribution in [2.45, 2.75) is 16.7 Å². The summed E-state index contributed by atoms with van der Waals surface area (Å²) in [7, 11) is -10.00. The third-order valence-electron chi connectivity index (χ3n) is 3.85. The minimum atomic E-state index is -5.08. The van der Waals surface area contributed by atoms with Crippen LogP contribution in [-0.4, -0.2) is 40.8 Å². The van der Waals surface area contributed by atoms with Crippen molar-refractivity contribution >= 4 is 31.6 Å². The molecule has 3 aromatic rings. The first-order valence-electron chi connectivity index (χ1n) is 7.95. The topological polar surface area (TPSA) is 189 Å². The monoisotopic (exact) mass is 528 g/mol. The van der Waals surface area contributed by atoms with E-state index in [1.807, 2.05) is 0 Å². The fourth-order valence-electron chi connectivity index (χ4n) is 2.45. The molecule has 164 valence electrons. The number of rotatable bonds is 5. The number of nitrogens with zero attached hydrogens (tertiary/aromatic N) is 4. The minimum Gasteiger partial charge on any atom is -0.504 e. The molecule has 2 aromatic carbocycles. The molecule has 0 spiro atoms. The Balaban J connectivity index is 0.00000256. The number of azo groups is 1. The van der Waals surface area contributed by atoms with Gasteiger partial charge in [0, 0.05) is 17.4 Å². The summed E-state index contributed by atoms with van der Waals surface area (Å²) in [5.41, 5.74) is -1.08. The molecular formula is C16H13CrN4NaO8S2. The summed E-state index contributed by atoms with van der Waals surface area (Å²) in [5, 5.41) is 21.3. The molecule has 0 saturated heterocycles. The largest absolute Gasteiger partial charge is 1.00 e. The van der Waals surface area contributed by atoms with E-state index in [-0.39, 0.29) is 58.3 Å². The molecule has 0 saturated carbocycles. The zero-order valence-electron chi connectivity index (χ0n) is 16.4. The third-order valence-corrected chi connectivity index (χ3v) is 5.55. The number of aromatic nitrogens is 2. The smallest absolute Gasteiger partial charge is 0.504 e. The van der Waals surface area contributed by atoms with Crippen LogP contribution in [-0.2, 0) is 37.6 Å². The number of benzene rings is 2. The molecule has 0 aliphatic heterocycles. The molecule has 3 N–H and O–H groups in total. The minimum absolute atomic E-state index is 0. The van der Waals surface area contributed by atoms with E-state index in [9.17, 15) is 35.8 Å². The summed E-state index contributed by atoms with van der Waals surface area (Å²) in [6, 6.07) is 9.30. The molecule has 0 aliphatic carbocycles. The van der Waals surface area contributed by atoms with Crippen LogP contribution in [0.4, 0.5) is 11.4 Å². The Labute approximate surface area is 214 Å². The Bertz CT molecular complexity index is 1430. The molecule has 0 amide bonds. The van der Waals surface area contributed by atoms with E-state index in [4.69, 9.17) is 0 Å². The second-order valence-electron chi connectivity index (χ2n) is 5.93. The number of aryl methyl sites for hydroxylation is 1. The van der Waals surface area contributed by atoms with Crippen molar-refractivity contribution < 1.29 is 78.0 Å². The van der Waals surface area contributed by atoms with E-state index in [0.717, 1.165) is 4.68 Å². The van der Waals surface area contributed by atoms with E-state index in [1.165, 1.54) is 6.92 Å². The Morgan fingerprint density at radius 3 is 2.16 bits per heavy atom. The molecule has 1 heterocycles. The Hall–Kier alpha value is -1.80. The molecule has 0 atom stereocenters. The summed E-state index contributed by atoms with van der Waals surface area (Å²) >= 11 is 0. The Morgan fingerprint density at radius 2 is 1.62 bits per heavy atom. The zero-order chi connectivity index (χ0) is 22.3. The van der Waals surface area contributed by atoms with Crippen molar-refractivity contribution in [2.24, 2.45) is 10.2 Å². The second kappa shape index (κ2) is 10.4. The van der Waals surface area contributed by atoms with Gasteiger partial charge in [0.15, 0.2) is 5.75 Å². The van der Waals surface area contributed by atoms with Crippen molar-refractivity contribution in [1.29, 1.82) is 0 Å². The predicted molar refractivity (Wildman–Crippen MR) is 102 cm³/mol. The van der Waals surface area contributed by atoms with Crippen molar-refractivity contribution in [3.63, 3.8) is 0 Å². The van der Waals surface area contributed by atoms with Crippen LogP contribution >= 0.6 is 0 Å². The molecular weight excluding hydrogens is 515 g/mol. The van der Waals surface area contributed by atoms with Crippen LogP contribution in [0.2, 0.25) is 0 Å². The number of para-hydroxylation sites is 1. The maximum absolute atomic E-state index is 12.6. The number of hydrogen-bond donors (Lipinski definition) is 3. The number of phenols is 1. The van der Waals surface area contributed by atoms with Gasteiger partial charge >= 0.3 is 29.6 Å². The number of hydrogen-bond acceptors (Lipinski definition) is 9. The first-order valence-corrected chi connectivity index (χ1v) is 10.8. The van der Waals surface area contributed by atoms with E-state index in [0.29, 0.717) is 17.8 Å². The molecule has 12 nitrogen and oxygen atoms in total. The van der Waals surface area contributed by atoms with Gasteiger partial charge in [0.05, 0.1) is 10.6 Å². The molecule has 0 aliphatic rings. The van der Waals surface area contributed by atoms with Gasteiger partial charge in [0.25, 0.3) is 20.2 Å². The van der Waals surface area contributed by atoms with E-state index in [1.54, 1.807) is 30.3 Å². The van der Waals surface area contributed by atoms with E-state index >= 15 is 0 Å². The average molecular weight is 528 g/mol. The molecule has 3 rings (SSSR count). The molecule has 16 heteroatoms. The van der Waals surface area contributed by atoms with Gasteiger partial charge in [-0.3, -0.25) is 9.11 Å². The fraction of sp³-hybridized carbons (Fsp3) is 0.0625. The summed E-state index contributed by atoms with van der Waals surface area (Å²) in [6.45, 7) is 1.45. The SMILES string of the molecule is Cc1nn(-c2ccccc2)c(=O)[c-]1N=Nc1cc(S(=O)(=O)O)cc(S(=O)(=O)O)c1O.[Cr].[Na+]. The summed E-state index contributed by atoms with van der Waals surface area (Å²) < 4.78 is 65.0. The zero-order valence-corrected chi connectivity index (χ0v) is 21.3. The normalized spacial score (nSPS) is 11.7. The molecule has 0 unspecified atom stereocenters. The van der Waals surface area contributed by atoms with Crippen LogP contribution in [0.25, 0.3) is 5.69 Å². The Kier molecular flexibility index (Phi) is 9.20. The summed E-state index contributed by atoms with van der Waals surface area (Å²) in [6.07, 6.45) is 0. The maximum Gasteiger partial charge on any atom is 1.00 e. The van der Waals surface area contributed by atoms with Gasteiger partial charge in [0.1, 0.15) is 16.1 Å². The maximum atomic E-state index is 12.6. The van der Waals surface area contributed by atoms with Crippen molar-refractivity contribution in [2.75, 3.05) is 0 Å². The number of aromatic hydroxyl groups is 1. The van der Waals surface area contributed by atoms with Crippen LogP contribution < -0.4 is 35.1 Å². The van der Waals surface area contributed by atoms with Crippen molar-refractivity contribution in [3.05, 3.63) is 58.5 Å². The van der Waals surface area contributed by atoms with Gasteiger partial charge in [0.2, 0.25) is 0 Å². The first-order chi connectivity index (χ1) is 13.9. The molecule has 1 aromatic heterocycles. The van der Waals surface area contributed by atoms with Gasteiger partial charge < -0.3 is 15.0 Å². The van der Waals surface area contributed by atoms with Gasteiger partial charge in [-0.1, -0.05) is 30.8 Å². The van der Waals surface area contributed by atoms with Gasteiger partial charge in [-0.25, -0.2) is 9.78 Å². The van der Waals surface area contributed by atoms with Gasteiger partial charge in [-0.2, -0.15) is 21.9 Å². The summed E-state index contributed by atoms with van der Waals surface area (Å²) in [4.78, 5) is 10.4. The predicted octanol–water partition coefficient (Wildman–Crippen LogP) is -1.12. The van der Waals surface area contributed by atoms with Crippen molar-refractivity contribution in [3.8, 4) is 11.4 Å². The third kappa shape index (κ3) is 5.95. The van der Waals surface area contributed by atoms with E-state index in [2.05, 4.69) is 15.3 Å². The molecule has 0 bridgehead atoms. The first kappa shape index (κ1) is 28.2. The van der Waals surface area contributed by atoms with Gasteiger partial charge in [-0.05, 0) is 24.3 Å². The van der Waals surface area contributed by atoms with Gasteiger partial charge in [-0.15, -0.1) is 5.69 Å². The van der Waals surface area contributed by atoms with Crippen LogP contribution in [0.1, 0.15) is 5.69 Å². The van der Waals surface area contributed by atoms with Crippen LogP contribution in [0.5, 0.6) is 5.75 Å². The second-order valence-corrected chi connectivity index (χ2v) is 8.74. The molecule has 32 heavy (non-hydrogen) atoms. The van der Waals surface area contributed by atoms with Crippen LogP contribution in [0, 0.1) is 6.92 Å². The average Bonchev–Trinajstić information content (AvgIpc) is 2.93. The standard InChI is InChI=1S/C16H13N4O8S2.Cr.Na/c1-9-14(16(22)20(19-9)10-5-3-2-4-6-10)18-17-12-7-11(29(23,24)25)8-13(15(12)21)30(26,27)28;;/h2-8,21H,1H3,(H,23,24,25)(H,26,27,28);;/q-1;;+1. The van der Waals surface area contributed by atoms with Crippen molar-refractivity contribution in [1.82, 2.24) is 9.78 Å². The quantitative estimate of drug-likeness (QED) is 0.159. The Morgan fingerprint density at radius 1 is 1.03 bits per heavy atom. The number of phenolic OH excluding ortho intramolecular Hbond substituents is 1. The molecule has 0 radical (unpaired) electrons.